The minimum Gasteiger partial charge on any atom is -0.419 e. The van der Waals surface area contributed by atoms with Crippen molar-refractivity contribution in [2.45, 2.75) is 6.92 Å². The maximum absolute atomic E-state index is 12.0. The van der Waals surface area contributed by atoms with E-state index in [9.17, 15) is 4.79 Å². The molecule has 4 nitrogen and oxygen atoms in total. The van der Waals surface area contributed by atoms with Crippen LogP contribution in [0, 0.1) is 0 Å². The summed E-state index contributed by atoms with van der Waals surface area (Å²) in [6.07, 6.45) is 0. The van der Waals surface area contributed by atoms with Crippen molar-refractivity contribution in [3.8, 4) is 11.5 Å². The highest BCUT2D eigenvalue weighted by atomic mass is 35.5. The van der Waals surface area contributed by atoms with E-state index in [4.69, 9.17) is 16.0 Å². The average molecular weight is 311 g/mol. The monoisotopic (exact) mass is 310 g/mol. The molecular formula is C17H11ClN2O2. The molecule has 5 heteroatoms. The van der Waals surface area contributed by atoms with Gasteiger partial charge in [-0.15, -0.1) is 0 Å². The summed E-state index contributed by atoms with van der Waals surface area (Å²) < 4.78 is 7.41. The van der Waals surface area contributed by atoms with Crippen molar-refractivity contribution in [3.05, 3.63) is 53.6 Å². The molecule has 0 atom stereocenters. The highest BCUT2D eigenvalue weighted by Crippen LogP contribution is 2.32. The first-order chi connectivity index (χ1) is 10.6. The molecule has 0 amide bonds. The number of hydrogen-bond acceptors (Lipinski definition) is 3. The van der Waals surface area contributed by atoms with Gasteiger partial charge in [-0.25, -0.2) is 9.55 Å². The highest BCUT2D eigenvalue weighted by molar-refractivity contribution is 6.30. The van der Waals surface area contributed by atoms with Crippen LogP contribution in [0.4, 0.5) is 0 Å². The second kappa shape index (κ2) is 4.71. The molecule has 0 spiro atoms. The van der Waals surface area contributed by atoms with E-state index in [0.717, 1.165) is 16.5 Å². The molecular weight excluding hydrogens is 300 g/mol. The van der Waals surface area contributed by atoms with Crippen molar-refractivity contribution < 1.29 is 9.21 Å². The zero-order chi connectivity index (χ0) is 15.3. The van der Waals surface area contributed by atoms with Gasteiger partial charge in [0.25, 0.3) is 0 Å². The zero-order valence-corrected chi connectivity index (χ0v) is 12.5. The summed E-state index contributed by atoms with van der Waals surface area (Å²) in [7, 11) is 0. The summed E-state index contributed by atoms with van der Waals surface area (Å²) in [5.41, 5.74) is 2.79. The summed E-state index contributed by atoms with van der Waals surface area (Å²) in [5.74, 6) is 0.368. The molecule has 0 aliphatic heterocycles. The number of fused-ring (bicyclic) bond motifs is 3. The second-order valence-corrected chi connectivity index (χ2v) is 5.49. The normalized spacial score (nSPS) is 11.4. The highest BCUT2D eigenvalue weighted by Gasteiger charge is 2.19. The first-order valence-corrected chi connectivity index (χ1v) is 7.20. The Hall–Kier alpha value is -2.59. The maximum Gasteiger partial charge on any atom is 0.236 e. The first-order valence-electron chi connectivity index (χ1n) is 6.82. The molecule has 0 fully saturated rings. The lowest BCUT2D eigenvalue weighted by atomic mass is 10.2. The number of benzene rings is 2. The topological polar surface area (TPSA) is 48.0 Å². The van der Waals surface area contributed by atoms with Crippen LogP contribution in [-0.2, 0) is 0 Å². The van der Waals surface area contributed by atoms with E-state index in [-0.39, 0.29) is 5.91 Å². The molecule has 2 aromatic heterocycles. The lowest BCUT2D eigenvalue weighted by Crippen LogP contribution is -2.03. The molecule has 0 aliphatic rings. The number of rotatable bonds is 1. The lowest BCUT2D eigenvalue weighted by molar-refractivity contribution is 0.0943. The van der Waals surface area contributed by atoms with Crippen molar-refractivity contribution in [2.24, 2.45) is 0 Å². The molecule has 0 unspecified atom stereocenters. The Morgan fingerprint density at radius 3 is 2.59 bits per heavy atom. The van der Waals surface area contributed by atoms with E-state index in [2.05, 4.69) is 4.98 Å². The molecule has 108 valence electrons. The van der Waals surface area contributed by atoms with Gasteiger partial charge in [-0.3, -0.25) is 4.79 Å². The number of oxazole rings is 1. The van der Waals surface area contributed by atoms with Crippen molar-refractivity contribution in [1.82, 2.24) is 9.55 Å². The van der Waals surface area contributed by atoms with Gasteiger partial charge in [-0.1, -0.05) is 29.8 Å². The van der Waals surface area contributed by atoms with E-state index in [1.165, 1.54) is 6.92 Å². The van der Waals surface area contributed by atoms with Gasteiger partial charge in [0.2, 0.25) is 17.5 Å². The van der Waals surface area contributed by atoms with Crippen LogP contribution in [0.5, 0.6) is 0 Å². The number of carbonyl (C=O) groups is 1. The molecule has 2 heterocycles. The van der Waals surface area contributed by atoms with Gasteiger partial charge in [0.05, 0.1) is 5.52 Å². The van der Waals surface area contributed by atoms with E-state index in [1.807, 2.05) is 36.4 Å². The first kappa shape index (κ1) is 13.1. The Morgan fingerprint density at radius 2 is 1.86 bits per heavy atom. The predicted molar refractivity (Wildman–Crippen MR) is 86.3 cm³/mol. The maximum atomic E-state index is 12.0. The summed E-state index contributed by atoms with van der Waals surface area (Å²) in [6.45, 7) is 1.51. The Kier molecular flexibility index (Phi) is 2.81. The van der Waals surface area contributed by atoms with E-state index < -0.39 is 0 Å². The zero-order valence-electron chi connectivity index (χ0n) is 11.7. The van der Waals surface area contributed by atoms with Gasteiger partial charge in [0.15, 0.2) is 0 Å². The third-order valence-corrected chi connectivity index (χ3v) is 3.87. The van der Waals surface area contributed by atoms with Crippen LogP contribution in [0.25, 0.3) is 33.6 Å². The second-order valence-electron chi connectivity index (χ2n) is 5.05. The van der Waals surface area contributed by atoms with Crippen LogP contribution in [0.3, 0.4) is 0 Å². The van der Waals surface area contributed by atoms with Crippen LogP contribution >= 0.6 is 11.6 Å². The van der Waals surface area contributed by atoms with Crippen LogP contribution in [0.1, 0.15) is 11.7 Å². The Bertz CT molecular complexity index is 1010. The fourth-order valence-electron chi connectivity index (χ4n) is 2.65. The van der Waals surface area contributed by atoms with Crippen LogP contribution in [0.15, 0.2) is 52.9 Å². The molecule has 22 heavy (non-hydrogen) atoms. The van der Waals surface area contributed by atoms with Gasteiger partial charge in [-0.2, -0.15) is 0 Å². The van der Waals surface area contributed by atoms with E-state index >= 15 is 0 Å². The Morgan fingerprint density at radius 1 is 1.14 bits per heavy atom. The number of halogens is 1. The Balaban J connectivity index is 2.03. The lowest BCUT2D eigenvalue weighted by Gasteiger charge is -2.00. The van der Waals surface area contributed by atoms with Crippen molar-refractivity contribution in [3.63, 3.8) is 0 Å². The Labute approximate surface area is 130 Å². The molecule has 0 radical (unpaired) electrons. The van der Waals surface area contributed by atoms with Crippen molar-refractivity contribution in [1.29, 1.82) is 0 Å². The molecule has 0 saturated carbocycles. The van der Waals surface area contributed by atoms with Gasteiger partial charge < -0.3 is 4.42 Å². The summed E-state index contributed by atoms with van der Waals surface area (Å²) >= 11 is 5.90. The molecule has 0 bridgehead atoms. The number of hydrogen-bond donors (Lipinski definition) is 0. The quantitative estimate of drug-likeness (QED) is 0.509. The van der Waals surface area contributed by atoms with Crippen LogP contribution in [-0.4, -0.2) is 15.5 Å². The molecule has 0 saturated heterocycles. The minimum absolute atomic E-state index is 0.106. The van der Waals surface area contributed by atoms with E-state index in [1.54, 1.807) is 16.7 Å². The molecule has 0 N–H and O–H groups in total. The van der Waals surface area contributed by atoms with Crippen LogP contribution < -0.4 is 0 Å². The number of aromatic nitrogens is 2. The average Bonchev–Trinajstić information content (AvgIpc) is 3.04. The fourth-order valence-corrected chi connectivity index (χ4v) is 2.77. The number of carbonyl (C=O) groups excluding carboxylic acids is 1. The van der Waals surface area contributed by atoms with Gasteiger partial charge in [0, 0.05) is 22.9 Å². The third-order valence-electron chi connectivity index (χ3n) is 3.62. The van der Waals surface area contributed by atoms with E-state index in [0.29, 0.717) is 22.1 Å². The molecule has 4 rings (SSSR count). The minimum atomic E-state index is -0.106. The molecule has 2 aromatic carbocycles. The van der Waals surface area contributed by atoms with Gasteiger partial charge in [0.1, 0.15) is 5.52 Å². The largest absolute Gasteiger partial charge is 0.419 e. The van der Waals surface area contributed by atoms with Gasteiger partial charge >= 0.3 is 0 Å². The third kappa shape index (κ3) is 1.84. The van der Waals surface area contributed by atoms with Crippen LogP contribution in [0.2, 0.25) is 5.02 Å². The number of nitrogens with zero attached hydrogens (tertiary/aromatic N) is 2. The molecule has 4 aromatic rings. The number of para-hydroxylation sites is 1. The van der Waals surface area contributed by atoms with Gasteiger partial charge in [-0.05, 0) is 30.3 Å². The van der Waals surface area contributed by atoms with Crippen molar-refractivity contribution in [2.75, 3.05) is 0 Å². The smallest absolute Gasteiger partial charge is 0.236 e. The van der Waals surface area contributed by atoms with Crippen molar-refractivity contribution >= 4 is 39.6 Å². The predicted octanol–water partition coefficient (Wildman–Crippen LogP) is 4.76. The summed E-state index contributed by atoms with van der Waals surface area (Å²) in [5, 5.41) is 1.55. The summed E-state index contributed by atoms with van der Waals surface area (Å²) in [6, 6.07) is 14.9. The standard InChI is InChI=1S/C17H11ClN2O2/c1-10(21)20-14-5-3-2-4-13(14)15-17(20)22-16(19-15)11-6-8-12(18)9-7-11/h2-9H,1H3. The SMILES string of the molecule is CC(=O)n1c2ccccc2c2nc(-c3ccc(Cl)cc3)oc21. The molecule has 0 aliphatic carbocycles. The fraction of sp³-hybridized carbons (Fsp3) is 0.0588. The summed E-state index contributed by atoms with van der Waals surface area (Å²) in [4.78, 5) is 16.5.